The van der Waals surface area contributed by atoms with Gasteiger partial charge in [-0.3, -0.25) is 9.59 Å². The summed E-state index contributed by atoms with van der Waals surface area (Å²) in [4.78, 5) is 24.7. The molecule has 0 aromatic heterocycles. The highest BCUT2D eigenvalue weighted by Crippen LogP contribution is 2.19. The fraction of sp³-hybridized carbons (Fsp3) is 0.775. The van der Waals surface area contributed by atoms with Gasteiger partial charge in [0.2, 0.25) is 0 Å². The van der Waals surface area contributed by atoms with Crippen LogP contribution in [-0.4, -0.2) is 36.4 Å². The molecule has 0 aliphatic carbocycles. The SMILES string of the molecule is CC/C=C\C/C=C\C/C=C\C/C=C\C/C=C\C/C=C\C/C=C\C/C=C\CCCCCCCCCCCCCCCCCCC(=O)OC(CO)COC(=O)CCCCCCCCCCCCCCCCCCCCCCCCCCCCC/C=C\CCCCCCCCCC. The summed E-state index contributed by atoms with van der Waals surface area (Å²) in [6.07, 6.45) is 122. The topological polar surface area (TPSA) is 72.8 Å². The van der Waals surface area contributed by atoms with E-state index in [2.05, 4.69) is 123 Å². The Labute approximate surface area is 586 Å². The smallest absolute Gasteiger partial charge is 0.306 e. The molecule has 0 aromatic rings. The molecular formula is C89H158O5. The maximum atomic E-state index is 12.4. The fourth-order valence-corrected chi connectivity index (χ4v) is 12.4. The van der Waals surface area contributed by atoms with E-state index in [-0.39, 0.29) is 25.2 Å². The van der Waals surface area contributed by atoms with E-state index in [1.165, 1.54) is 308 Å². The molecule has 0 saturated carbocycles. The summed E-state index contributed by atoms with van der Waals surface area (Å²) < 4.78 is 10.8. The lowest BCUT2D eigenvalue weighted by molar-refractivity contribution is -0.161. The maximum absolute atomic E-state index is 12.4. The molecule has 0 radical (unpaired) electrons. The molecule has 0 saturated heterocycles. The largest absolute Gasteiger partial charge is 0.462 e. The fourth-order valence-electron chi connectivity index (χ4n) is 12.4. The van der Waals surface area contributed by atoms with E-state index in [0.717, 1.165) is 89.9 Å². The first-order valence-electron chi connectivity index (χ1n) is 41.4. The van der Waals surface area contributed by atoms with Crippen molar-refractivity contribution in [1.82, 2.24) is 0 Å². The Bertz CT molecular complexity index is 1780. The second kappa shape index (κ2) is 83.8. The van der Waals surface area contributed by atoms with Gasteiger partial charge in [0.05, 0.1) is 6.61 Å². The number of carbonyl (C=O) groups is 2. The van der Waals surface area contributed by atoms with Gasteiger partial charge in [0, 0.05) is 12.8 Å². The first-order valence-corrected chi connectivity index (χ1v) is 41.4. The number of unbranched alkanes of at least 4 members (excludes halogenated alkanes) is 51. The normalized spacial score (nSPS) is 12.8. The van der Waals surface area contributed by atoms with Crippen molar-refractivity contribution < 1.29 is 24.2 Å². The van der Waals surface area contributed by atoms with Gasteiger partial charge < -0.3 is 14.6 Å². The predicted octanol–water partition coefficient (Wildman–Crippen LogP) is 29.4. The third-order valence-electron chi connectivity index (χ3n) is 18.6. The third kappa shape index (κ3) is 81.0. The van der Waals surface area contributed by atoms with Crippen LogP contribution in [0.25, 0.3) is 0 Å². The van der Waals surface area contributed by atoms with E-state index in [9.17, 15) is 14.7 Å². The van der Waals surface area contributed by atoms with Gasteiger partial charge in [-0.1, -0.05) is 419 Å². The number of allylic oxidation sites excluding steroid dienone is 18. The molecule has 0 heterocycles. The zero-order valence-electron chi connectivity index (χ0n) is 62.7. The molecule has 0 fully saturated rings. The highest BCUT2D eigenvalue weighted by atomic mass is 16.6. The summed E-state index contributed by atoms with van der Waals surface area (Å²) in [5.41, 5.74) is 0. The van der Waals surface area contributed by atoms with Crippen LogP contribution in [0.4, 0.5) is 0 Å². The van der Waals surface area contributed by atoms with E-state index in [4.69, 9.17) is 9.47 Å². The summed E-state index contributed by atoms with van der Waals surface area (Å²) in [5, 5.41) is 9.74. The molecule has 1 atom stereocenters. The molecule has 5 nitrogen and oxygen atoms in total. The Morgan fingerprint density at radius 2 is 0.457 bits per heavy atom. The van der Waals surface area contributed by atoms with Crippen LogP contribution in [0.2, 0.25) is 0 Å². The zero-order valence-corrected chi connectivity index (χ0v) is 62.7. The minimum Gasteiger partial charge on any atom is -0.462 e. The maximum Gasteiger partial charge on any atom is 0.306 e. The number of aliphatic hydroxyl groups is 1. The average molecular weight is 1310 g/mol. The van der Waals surface area contributed by atoms with Gasteiger partial charge in [-0.05, 0) is 103 Å². The number of ether oxygens (including phenoxy) is 2. The number of aliphatic hydroxyl groups excluding tert-OH is 1. The molecule has 0 aliphatic heterocycles. The van der Waals surface area contributed by atoms with Gasteiger partial charge in [0.1, 0.15) is 6.61 Å². The third-order valence-corrected chi connectivity index (χ3v) is 18.6. The van der Waals surface area contributed by atoms with Crippen molar-refractivity contribution >= 4 is 11.9 Å². The molecular weight excluding hydrogens is 1150 g/mol. The van der Waals surface area contributed by atoms with E-state index < -0.39 is 6.10 Å². The molecule has 94 heavy (non-hydrogen) atoms. The number of esters is 2. The predicted molar refractivity (Wildman–Crippen MR) is 417 cm³/mol. The first-order chi connectivity index (χ1) is 46.6. The standard InChI is InChI=1S/C89H158O5/c1-3-5-7-9-11-13-15-17-19-21-23-25-27-29-31-33-35-37-39-41-43-44-46-48-50-52-54-56-58-60-62-64-66-68-70-72-74-76-78-80-82-84-89(92)94-87(85-90)86-93-88(91)83-81-79-77-75-73-71-69-67-65-63-61-59-57-55-53-51-49-47-45-42-40-38-36-34-32-30-28-26-24-22-20-18-16-14-12-10-8-6-4-2/h5,7,11,13,17,19,22-25,29,31,35,37,41,43,46,48,87,90H,3-4,6,8-10,12,14-16,18,20-21,26-28,30,32-34,36,38-40,42,44-45,47,49-86H2,1-2H3/b7-5-,13-11-,19-17-,24-22-,25-23-,31-29-,37-35-,43-41-,48-46-. The van der Waals surface area contributed by atoms with Crippen LogP contribution in [0, 0.1) is 0 Å². The second-order valence-corrected chi connectivity index (χ2v) is 27.8. The van der Waals surface area contributed by atoms with Gasteiger partial charge in [0.15, 0.2) is 6.10 Å². The van der Waals surface area contributed by atoms with Gasteiger partial charge in [-0.15, -0.1) is 0 Å². The van der Waals surface area contributed by atoms with Crippen molar-refractivity contribution in [3.05, 3.63) is 109 Å². The summed E-state index contributed by atoms with van der Waals surface area (Å²) >= 11 is 0. The lowest BCUT2D eigenvalue weighted by Crippen LogP contribution is -2.28. The Balaban J connectivity index is 3.42. The molecule has 544 valence electrons. The molecule has 1 N–H and O–H groups in total. The second-order valence-electron chi connectivity index (χ2n) is 27.8. The number of carbonyl (C=O) groups excluding carboxylic acids is 2. The molecule has 0 aromatic carbocycles. The molecule has 0 spiro atoms. The zero-order chi connectivity index (χ0) is 67.5. The van der Waals surface area contributed by atoms with Crippen molar-refractivity contribution in [2.24, 2.45) is 0 Å². The van der Waals surface area contributed by atoms with Crippen molar-refractivity contribution in [2.75, 3.05) is 13.2 Å². The van der Waals surface area contributed by atoms with Crippen LogP contribution in [0.1, 0.15) is 425 Å². The lowest BCUT2D eigenvalue weighted by atomic mass is 10.0. The Morgan fingerprint density at radius 3 is 0.702 bits per heavy atom. The summed E-state index contributed by atoms with van der Waals surface area (Å²) in [6, 6.07) is 0. The summed E-state index contributed by atoms with van der Waals surface area (Å²) in [6.45, 7) is 4.08. The molecule has 5 heteroatoms. The van der Waals surface area contributed by atoms with Gasteiger partial charge in [-0.25, -0.2) is 0 Å². The van der Waals surface area contributed by atoms with E-state index in [1.807, 2.05) is 0 Å². The van der Waals surface area contributed by atoms with Crippen LogP contribution in [0.3, 0.4) is 0 Å². The van der Waals surface area contributed by atoms with Crippen LogP contribution in [-0.2, 0) is 19.1 Å². The van der Waals surface area contributed by atoms with E-state index >= 15 is 0 Å². The van der Waals surface area contributed by atoms with Crippen molar-refractivity contribution in [2.45, 2.75) is 431 Å². The number of rotatable bonds is 77. The number of hydrogen-bond acceptors (Lipinski definition) is 5. The van der Waals surface area contributed by atoms with E-state index in [1.54, 1.807) is 0 Å². The summed E-state index contributed by atoms with van der Waals surface area (Å²) in [5.74, 6) is -0.572. The summed E-state index contributed by atoms with van der Waals surface area (Å²) in [7, 11) is 0. The Hall–Kier alpha value is -3.44. The van der Waals surface area contributed by atoms with Crippen LogP contribution >= 0.6 is 0 Å². The van der Waals surface area contributed by atoms with Crippen molar-refractivity contribution in [3.63, 3.8) is 0 Å². The minimum atomic E-state index is -0.776. The lowest BCUT2D eigenvalue weighted by Gasteiger charge is -2.15. The monoisotopic (exact) mass is 1310 g/mol. The van der Waals surface area contributed by atoms with Gasteiger partial charge >= 0.3 is 11.9 Å². The van der Waals surface area contributed by atoms with Crippen LogP contribution in [0.5, 0.6) is 0 Å². The Morgan fingerprint density at radius 1 is 0.255 bits per heavy atom. The van der Waals surface area contributed by atoms with Gasteiger partial charge in [-0.2, -0.15) is 0 Å². The molecule has 1 unspecified atom stereocenters. The van der Waals surface area contributed by atoms with Gasteiger partial charge in [0.25, 0.3) is 0 Å². The van der Waals surface area contributed by atoms with Crippen LogP contribution < -0.4 is 0 Å². The number of hydrogen-bond donors (Lipinski definition) is 1. The molecule has 0 amide bonds. The average Bonchev–Trinajstić information content (AvgIpc) is 3.77. The molecule has 0 aliphatic rings. The quantitative estimate of drug-likeness (QED) is 0.0373. The van der Waals surface area contributed by atoms with E-state index in [0.29, 0.717) is 12.8 Å². The van der Waals surface area contributed by atoms with Crippen molar-refractivity contribution in [3.8, 4) is 0 Å². The highest BCUT2D eigenvalue weighted by molar-refractivity contribution is 5.70. The molecule has 0 bridgehead atoms. The Kier molecular flexibility index (Phi) is 80.7. The first kappa shape index (κ1) is 90.6. The minimum absolute atomic E-state index is 0.0638. The van der Waals surface area contributed by atoms with Crippen LogP contribution in [0.15, 0.2) is 109 Å². The van der Waals surface area contributed by atoms with Crippen molar-refractivity contribution in [1.29, 1.82) is 0 Å². The highest BCUT2D eigenvalue weighted by Gasteiger charge is 2.16. The molecule has 0 rings (SSSR count).